The Labute approximate surface area is 108 Å². The molecule has 4 nitrogen and oxygen atoms in total. The average Bonchev–Trinajstić information content (AvgIpc) is 2.77. The molecule has 1 N–H and O–H groups in total. The van der Waals surface area contributed by atoms with Gasteiger partial charge in [0.2, 0.25) is 0 Å². The Kier molecular flexibility index (Phi) is 4.80. The molecule has 0 saturated heterocycles. The number of rotatable bonds is 5. The second-order valence-electron chi connectivity index (χ2n) is 4.75. The van der Waals surface area contributed by atoms with Gasteiger partial charge in [0.1, 0.15) is 12.2 Å². The fourth-order valence-electron chi connectivity index (χ4n) is 2.49. The van der Waals surface area contributed by atoms with E-state index in [1.54, 1.807) is 6.33 Å². The van der Waals surface area contributed by atoms with Crippen LogP contribution in [0.15, 0.2) is 6.33 Å². The van der Waals surface area contributed by atoms with Crippen molar-refractivity contribution in [1.82, 2.24) is 20.1 Å². The van der Waals surface area contributed by atoms with Crippen molar-refractivity contribution >= 4 is 11.6 Å². The van der Waals surface area contributed by atoms with Gasteiger partial charge in [0, 0.05) is 11.9 Å². The summed E-state index contributed by atoms with van der Waals surface area (Å²) in [6, 6.07) is 0. The molecule has 2 rings (SSSR count). The van der Waals surface area contributed by atoms with Crippen molar-refractivity contribution in [3.05, 3.63) is 12.2 Å². The third kappa shape index (κ3) is 3.68. The Morgan fingerprint density at radius 2 is 2.41 bits per heavy atom. The Morgan fingerprint density at radius 1 is 1.53 bits per heavy atom. The summed E-state index contributed by atoms with van der Waals surface area (Å²) >= 11 is 6.18. The first-order chi connectivity index (χ1) is 8.29. The predicted molar refractivity (Wildman–Crippen MR) is 69.0 cm³/mol. The van der Waals surface area contributed by atoms with Gasteiger partial charge in [-0.25, -0.2) is 9.67 Å². The van der Waals surface area contributed by atoms with Crippen molar-refractivity contribution in [3.8, 4) is 0 Å². The Morgan fingerprint density at radius 3 is 3.18 bits per heavy atom. The number of hydrogen-bond acceptors (Lipinski definition) is 3. The summed E-state index contributed by atoms with van der Waals surface area (Å²) in [5.74, 6) is 1.75. The molecule has 1 fully saturated rings. The first-order valence-electron chi connectivity index (χ1n) is 6.51. The predicted octanol–water partition coefficient (Wildman–Crippen LogP) is 2.19. The summed E-state index contributed by atoms with van der Waals surface area (Å²) in [6.07, 6.45) is 6.52. The highest BCUT2D eigenvalue weighted by Crippen LogP contribution is 2.27. The minimum atomic E-state index is 0.384. The standard InChI is InChI=1S/C12H21ClN4/c1-2-17-12(15-9-16-17)8-14-7-10-4-3-5-11(13)6-10/h9-11,14H,2-8H2,1H3. The monoisotopic (exact) mass is 256 g/mol. The second kappa shape index (κ2) is 6.36. The van der Waals surface area contributed by atoms with Gasteiger partial charge in [-0.05, 0) is 38.6 Å². The maximum atomic E-state index is 6.18. The summed E-state index contributed by atoms with van der Waals surface area (Å²) in [5.41, 5.74) is 0. The number of aromatic nitrogens is 3. The summed E-state index contributed by atoms with van der Waals surface area (Å²) in [5, 5.41) is 8.01. The maximum absolute atomic E-state index is 6.18. The Bertz CT molecular complexity index is 339. The van der Waals surface area contributed by atoms with Crippen LogP contribution in [0.1, 0.15) is 38.4 Å². The highest BCUT2D eigenvalue weighted by molar-refractivity contribution is 6.20. The molecule has 1 saturated carbocycles. The van der Waals surface area contributed by atoms with Crippen LogP contribution < -0.4 is 5.32 Å². The normalized spacial score (nSPS) is 25.1. The summed E-state index contributed by atoms with van der Waals surface area (Å²) in [6.45, 7) is 4.80. The van der Waals surface area contributed by atoms with Gasteiger partial charge in [0.15, 0.2) is 0 Å². The number of aryl methyl sites for hydroxylation is 1. The van der Waals surface area contributed by atoms with Crippen LogP contribution in [0.25, 0.3) is 0 Å². The van der Waals surface area contributed by atoms with E-state index in [0.29, 0.717) is 5.38 Å². The number of hydrogen-bond donors (Lipinski definition) is 1. The van der Waals surface area contributed by atoms with E-state index >= 15 is 0 Å². The highest BCUT2D eigenvalue weighted by atomic mass is 35.5. The van der Waals surface area contributed by atoms with Crippen LogP contribution in [0.3, 0.4) is 0 Å². The van der Waals surface area contributed by atoms with Crippen LogP contribution in [-0.4, -0.2) is 26.7 Å². The molecule has 1 aromatic rings. The molecule has 0 spiro atoms. The molecule has 1 heterocycles. The van der Waals surface area contributed by atoms with Crippen LogP contribution in [0.2, 0.25) is 0 Å². The van der Waals surface area contributed by atoms with E-state index in [4.69, 9.17) is 11.6 Å². The summed E-state index contributed by atoms with van der Waals surface area (Å²) < 4.78 is 1.93. The molecule has 0 aliphatic heterocycles. The number of alkyl halides is 1. The third-order valence-corrected chi connectivity index (χ3v) is 3.83. The van der Waals surface area contributed by atoms with E-state index in [1.807, 2.05) is 4.68 Å². The van der Waals surface area contributed by atoms with E-state index in [0.717, 1.165) is 37.8 Å². The lowest BCUT2D eigenvalue weighted by molar-refractivity contribution is 0.344. The van der Waals surface area contributed by atoms with Crippen molar-refractivity contribution in [2.45, 2.75) is 51.1 Å². The molecule has 2 atom stereocenters. The number of nitrogens with zero attached hydrogens (tertiary/aromatic N) is 3. The quantitative estimate of drug-likeness (QED) is 0.822. The van der Waals surface area contributed by atoms with Crippen LogP contribution in [0.5, 0.6) is 0 Å². The molecular formula is C12H21ClN4. The van der Waals surface area contributed by atoms with Crippen LogP contribution >= 0.6 is 11.6 Å². The first kappa shape index (κ1) is 12.8. The molecular weight excluding hydrogens is 236 g/mol. The smallest absolute Gasteiger partial charge is 0.140 e. The number of nitrogens with one attached hydrogen (secondary N) is 1. The lowest BCUT2D eigenvalue weighted by Gasteiger charge is -2.25. The van der Waals surface area contributed by atoms with Gasteiger partial charge < -0.3 is 5.32 Å². The lowest BCUT2D eigenvalue weighted by Crippen LogP contribution is -2.28. The zero-order chi connectivity index (χ0) is 12.1. The van der Waals surface area contributed by atoms with Gasteiger partial charge in [-0.1, -0.05) is 6.42 Å². The van der Waals surface area contributed by atoms with E-state index in [1.165, 1.54) is 19.3 Å². The molecule has 1 aromatic heterocycles. The topological polar surface area (TPSA) is 42.7 Å². The van der Waals surface area contributed by atoms with Gasteiger partial charge in [0.25, 0.3) is 0 Å². The minimum Gasteiger partial charge on any atom is -0.310 e. The molecule has 0 amide bonds. The summed E-state index contributed by atoms with van der Waals surface area (Å²) in [4.78, 5) is 4.25. The van der Waals surface area contributed by atoms with Crippen molar-refractivity contribution in [3.63, 3.8) is 0 Å². The molecule has 17 heavy (non-hydrogen) atoms. The highest BCUT2D eigenvalue weighted by Gasteiger charge is 2.19. The van der Waals surface area contributed by atoms with E-state index in [9.17, 15) is 0 Å². The second-order valence-corrected chi connectivity index (χ2v) is 5.37. The molecule has 5 heteroatoms. The fraction of sp³-hybridized carbons (Fsp3) is 0.833. The zero-order valence-electron chi connectivity index (χ0n) is 10.4. The Hall–Kier alpha value is -0.610. The van der Waals surface area contributed by atoms with Gasteiger partial charge in [-0.2, -0.15) is 5.10 Å². The van der Waals surface area contributed by atoms with Crippen LogP contribution in [0.4, 0.5) is 0 Å². The molecule has 0 radical (unpaired) electrons. The van der Waals surface area contributed by atoms with Gasteiger partial charge in [0.05, 0.1) is 6.54 Å². The SMILES string of the molecule is CCn1ncnc1CNCC1CCCC(Cl)C1. The molecule has 0 aromatic carbocycles. The van der Waals surface area contributed by atoms with Crippen molar-refractivity contribution in [2.24, 2.45) is 5.92 Å². The van der Waals surface area contributed by atoms with Crippen molar-refractivity contribution in [1.29, 1.82) is 0 Å². The maximum Gasteiger partial charge on any atom is 0.140 e. The van der Waals surface area contributed by atoms with Crippen molar-refractivity contribution in [2.75, 3.05) is 6.54 Å². The number of halogens is 1. The molecule has 0 bridgehead atoms. The van der Waals surface area contributed by atoms with E-state index < -0.39 is 0 Å². The first-order valence-corrected chi connectivity index (χ1v) is 6.94. The van der Waals surface area contributed by atoms with Crippen molar-refractivity contribution < 1.29 is 0 Å². The van der Waals surface area contributed by atoms with Gasteiger partial charge in [-0.15, -0.1) is 11.6 Å². The molecule has 1 aliphatic carbocycles. The lowest BCUT2D eigenvalue weighted by atomic mass is 9.89. The zero-order valence-corrected chi connectivity index (χ0v) is 11.2. The minimum absolute atomic E-state index is 0.384. The van der Waals surface area contributed by atoms with Crippen LogP contribution in [0, 0.1) is 5.92 Å². The average molecular weight is 257 g/mol. The van der Waals surface area contributed by atoms with Crippen LogP contribution in [-0.2, 0) is 13.1 Å². The summed E-state index contributed by atoms with van der Waals surface area (Å²) in [7, 11) is 0. The van der Waals surface area contributed by atoms with Gasteiger partial charge >= 0.3 is 0 Å². The Balaban J connectivity index is 1.72. The largest absolute Gasteiger partial charge is 0.310 e. The van der Waals surface area contributed by atoms with E-state index in [2.05, 4.69) is 22.3 Å². The third-order valence-electron chi connectivity index (χ3n) is 3.43. The molecule has 96 valence electrons. The molecule has 1 aliphatic rings. The van der Waals surface area contributed by atoms with Gasteiger partial charge in [-0.3, -0.25) is 0 Å². The fourth-order valence-corrected chi connectivity index (χ4v) is 2.89. The molecule has 2 unspecified atom stereocenters. The van der Waals surface area contributed by atoms with E-state index in [-0.39, 0.29) is 0 Å².